The number of rotatable bonds is 8. The van der Waals surface area contributed by atoms with E-state index in [0.29, 0.717) is 6.54 Å². The van der Waals surface area contributed by atoms with E-state index in [-0.39, 0.29) is 29.5 Å². The lowest BCUT2D eigenvalue weighted by Crippen LogP contribution is -2.37. The minimum atomic E-state index is 0. The lowest BCUT2D eigenvalue weighted by atomic mass is 10.3. The van der Waals surface area contributed by atoms with Crippen molar-refractivity contribution in [2.24, 2.45) is 4.99 Å². The highest BCUT2D eigenvalue weighted by atomic mass is 127. The van der Waals surface area contributed by atoms with Crippen molar-refractivity contribution in [3.8, 4) is 0 Å². The van der Waals surface area contributed by atoms with E-state index >= 15 is 0 Å². The van der Waals surface area contributed by atoms with Crippen LogP contribution in [0.25, 0.3) is 5.65 Å². The monoisotopic (exact) mass is 495 g/mol. The van der Waals surface area contributed by atoms with Crippen LogP contribution in [0, 0.1) is 0 Å². The number of halogens is 1. The van der Waals surface area contributed by atoms with Crippen LogP contribution in [-0.4, -0.2) is 38.2 Å². The lowest BCUT2D eigenvalue weighted by Gasteiger charge is -2.11. The summed E-state index contributed by atoms with van der Waals surface area (Å²) in [6.07, 6.45) is 5.63. The van der Waals surface area contributed by atoms with Crippen molar-refractivity contribution < 1.29 is 0 Å². The van der Waals surface area contributed by atoms with Gasteiger partial charge in [-0.2, -0.15) is 0 Å². The molecule has 0 radical (unpaired) electrons. The molecule has 0 saturated carbocycles. The highest BCUT2D eigenvalue weighted by Gasteiger charge is 2.04. The molecule has 9 heteroatoms. The molecule has 0 aliphatic carbocycles. The fraction of sp³-hybridized carbons (Fsp3) is 0.368. The molecule has 8 nitrogen and oxygen atoms in total. The molecule has 0 saturated heterocycles. The standard InChI is InChI=1S/C19H25N7O.HI/c1-2-20-19(21-11-5-8-13-25-12-6-4-10-18(25)27)22-15-17-24-23-16-9-3-7-14-26(16)17;/h3-4,6-7,9-10,12,14H,2,5,8,11,13,15H2,1H3,(H2,20,21,22);1H. The van der Waals surface area contributed by atoms with Gasteiger partial charge in [0.25, 0.3) is 0 Å². The Labute approximate surface area is 181 Å². The molecule has 0 aliphatic rings. The fourth-order valence-electron chi connectivity index (χ4n) is 2.75. The summed E-state index contributed by atoms with van der Waals surface area (Å²) in [5.41, 5.74) is 0.859. The average Bonchev–Trinajstić information content (AvgIpc) is 3.10. The minimum Gasteiger partial charge on any atom is -0.357 e. The van der Waals surface area contributed by atoms with Crippen LogP contribution < -0.4 is 16.2 Å². The number of nitrogens with one attached hydrogen (secondary N) is 2. The van der Waals surface area contributed by atoms with Crippen LogP contribution in [0.3, 0.4) is 0 Å². The third-order valence-electron chi connectivity index (χ3n) is 4.12. The van der Waals surface area contributed by atoms with E-state index in [1.165, 1.54) is 0 Å². The van der Waals surface area contributed by atoms with E-state index in [1.54, 1.807) is 16.7 Å². The van der Waals surface area contributed by atoms with Crippen LogP contribution in [0.2, 0.25) is 0 Å². The number of hydrogen-bond donors (Lipinski definition) is 2. The Morgan fingerprint density at radius 2 is 1.89 bits per heavy atom. The van der Waals surface area contributed by atoms with Gasteiger partial charge in [0.2, 0.25) is 5.56 Å². The van der Waals surface area contributed by atoms with Gasteiger partial charge >= 0.3 is 0 Å². The zero-order chi connectivity index (χ0) is 18.9. The molecule has 0 amide bonds. The predicted octanol–water partition coefficient (Wildman–Crippen LogP) is 2.04. The number of aliphatic imine (C=N–C) groups is 1. The molecular formula is C19H26IN7O. The van der Waals surface area contributed by atoms with Gasteiger partial charge in [-0.05, 0) is 38.0 Å². The van der Waals surface area contributed by atoms with Gasteiger partial charge in [-0.25, -0.2) is 4.99 Å². The first-order chi connectivity index (χ1) is 13.3. The Balaban J connectivity index is 0.00000280. The Morgan fingerprint density at radius 1 is 1.07 bits per heavy atom. The van der Waals surface area contributed by atoms with E-state index in [9.17, 15) is 4.79 Å². The van der Waals surface area contributed by atoms with E-state index in [4.69, 9.17) is 0 Å². The molecule has 0 aromatic carbocycles. The van der Waals surface area contributed by atoms with E-state index in [1.807, 2.05) is 48.0 Å². The molecule has 0 bridgehead atoms. The maximum absolute atomic E-state index is 11.7. The van der Waals surface area contributed by atoms with Gasteiger partial charge in [0.05, 0.1) is 0 Å². The Bertz CT molecular complexity index is 950. The number of pyridine rings is 2. The molecule has 0 atom stereocenters. The number of aromatic nitrogens is 4. The number of hydrogen-bond acceptors (Lipinski definition) is 4. The molecule has 0 unspecified atom stereocenters. The van der Waals surface area contributed by atoms with Gasteiger partial charge in [0.1, 0.15) is 6.54 Å². The first-order valence-electron chi connectivity index (χ1n) is 9.24. The predicted molar refractivity (Wildman–Crippen MR) is 121 cm³/mol. The quantitative estimate of drug-likeness (QED) is 0.216. The topological polar surface area (TPSA) is 88.6 Å². The summed E-state index contributed by atoms with van der Waals surface area (Å²) in [6.45, 7) is 4.77. The molecule has 0 aliphatic heterocycles. The molecule has 3 heterocycles. The summed E-state index contributed by atoms with van der Waals surface area (Å²) in [5, 5.41) is 14.9. The summed E-state index contributed by atoms with van der Waals surface area (Å²) >= 11 is 0. The third-order valence-corrected chi connectivity index (χ3v) is 4.12. The number of guanidine groups is 1. The van der Waals surface area contributed by atoms with Crippen molar-refractivity contribution in [2.75, 3.05) is 13.1 Å². The first-order valence-corrected chi connectivity index (χ1v) is 9.24. The number of aryl methyl sites for hydroxylation is 1. The average molecular weight is 495 g/mol. The highest BCUT2D eigenvalue weighted by molar-refractivity contribution is 14.0. The summed E-state index contributed by atoms with van der Waals surface area (Å²) < 4.78 is 3.67. The smallest absolute Gasteiger partial charge is 0.250 e. The Kier molecular flexibility index (Phi) is 8.92. The van der Waals surface area contributed by atoms with Gasteiger partial charge in [0, 0.05) is 38.1 Å². The SMILES string of the molecule is CCNC(=NCc1nnc2ccccn12)NCCCCn1ccccc1=O.I. The number of nitrogens with zero attached hydrogens (tertiary/aromatic N) is 5. The summed E-state index contributed by atoms with van der Waals surface area (Å²) in [6, 6.07) is 11.0. The molecule has 28 heavy (non-hydrogen) atoms. The van der Waals surface area contributed by atoms with Gasteiger partial charge in [-0.15, -0.1) is 34.2 Å². The van der Waals surface area contributed by atoms with Crippen LogP contribution in [-0.2, 0) is 13.1 Å². The zero-order valence-electron chi connectivity index (χ0n) is 15.9. The highest BCUT2D eigenvalue weighted by Crippen LogP contribution is 2.03. The second kappa shape index (κ2) is 11.4. The Hall–Kier alpha value is -2.43. The summed E-state index contributed by atoms with van der Waals surface area (Å²) in [5.74, 6) is 1.55. The first kappa shape index (κ1) is 21.9. The van der Waals surface area contributed by atoms with Crippen LogP contribution >= 0.6 is 24.0 Å². The van der Waals surface area contributed by atoms with Crippen LogP contribution in [0.4, 0.5) is 0 Å². The summed E-state index contributed by atoms with van der Waals surface area (Å²) in [4.78, 5) is 16.3. The Morgan fingerprint density at radius 3 is 2.71 bits per heavy atom. The van der Waals surface area contributed by atoms with Gasteiger partial charge < -0.3 is 15.2 Å². The number of fused-ring (bicyclic) bond motifs is 1. The van der Waals surface area contributed by atoms with Gasteiger partial charge in [0.15, 0.2) is 17.4 Å². The molecular weight excluding hydrogens is 469 g/mol. The van der Waals surface area contributed by atoms with Crippen LogP contribution in [0.15, 0.2) is 58.6 Å². The van der Waals surface area contributed by atoms with E-state index in [0.717, 1.165) is 49.9 Å². The molecule has 3 aromatic rings. The maximum atomic E-state index is 11.7. The molecule has 150 valence electrons. The molecule has 3 rings (SSSR count). The molecule has 0 fully saturated rings. The van der Waals surface area contributed by atoms with Crippen LogP contribution in [0.1, 0.15) is 25.6 Å². The van der Waals surface area contributed by atoms with Crippen molar-refractivity contribution in [3.63, 3.8) is 0 Å². The van der Waals surface area contributed by atoms with Crippen molar-refractivity contribution >= 4 is 35.6 Å². The largest absolute Gasteiger partial charge is 0.357 e. The second-order valence-electron chi connectivity index (χ2n) is 6.11. The number of unbranched alkanes of at least 4 members (excludes halogenated alkanes) is 1. The summed E-state index contributed by atoms with van der Waals surface area (Å²) in [7, 11) is 0. The maximum Gasteiger partial charge on any atom is 0.250 e. The molecule has 3 aromatic heterocycles. The van der Waals surface area contributed by atoms with Crippen molar-refractivity contribution in [2.45, 2.75) is 32.9 Å². The molecule has 2 N–H and O–H groups in total. The van der Waals surface area contributed by atoms with Gasteiger partial charge in [-0.3, -0.25) is 9.20 Å². The van der Waals surface area contributed by atoms with Crippen molar-refractivity contribution in [1.82, 2.24) is 29.8 Å². The third kappa shape index (κ3) is 6.04. The van der Waals surface area contributed by atoms with E-state index in [2.05, 4.69) is 25.8 Å². The zero-order valence-corrected chi connectivity index (χ0v) is 18.2. The minimum absolute atomic E-state index is 0. The fourth-order valence-corrected chi connectivity index (χ4v) is 2.75. The van der Waals surface area contributed by atoms with E-state index < -0.39 is 0 Å². The van der Waals surface area contributed by atoms with Gasteiger partial charge in [-0.1, -0.05) is 12.1 Å². The van der Waals surface area contributed by atoms with Crippen molar-refractivity contribution in [3.05, 3.63) is 65.0 Å². The second-order valence-corrected chi connectivity index (χ2v) is 6.11. The molecule has 0 spiro atoms. The lowest BCUT2D eigenvalue weighted by molar-refractivity contribution is 0.585. The normalized spacial score (nSPS) is 11.2. The van der Waals surface area contributed by atoms with Crippen LogP contribution in [0.5, 0.6) is 0 Å². The van der Waals surface area contributed by atoms with Crippen molar-refractivity contribution in [1.29, 1.82) is 0 Å².